The maximum Gasteiger partial charge on any atom is 0.254 e. The zero-order valence-corrected chi connectivity index (χ0v) is 24.5. The lowest BCUT2D eigenvalue weighted by atomic mass is 9.98. The molecule has 3 aromatic carbocycles. The molecule has 0 aromatic heterocycles. The number of nitrogens with zero attached hydrogens (tertiary/aromatic N) is 6. The van der Waals surface area contributed by atoms with E-state index in [1.54, 1.807) is 26.8 Å². The zero-order chi connectivity index (χ0) is 32.6. The van der Waals surface area contributed by atoms with E-state index < -0.39 is 46.0 Å². The van der Waals surface area contributed by atoms with Crippen LogP contribution in [-0.2, 0) is 6.54 Å². The molecular weight excluding hydrogens is 598 g/mol. The van der Waals surface area contributed by atoms with Crippen LogP contribution >= 0.6 is 0 Å². The number of aryl methyl sites for hydroxylation is 2. The molecule has 2 saturated heterocycles. The smallest absolute Gasteiger partial charge is 0.254 e. The fourth-order valence-corrected chi connectivity index (χ4v) is 5.88. The van der Waals surface area contributed by atoms with Crippen molar-refractivity contribution in [1.82, 2.24) is 9.80 Å². The number of amides is 1. The van der Waals surface area contributed by atoms with Crippen molar-refractivity contribution in [2.24, 2.45) is 0 Å². The van der Waals surface area contributed by atoms with E-state index in [1.165, 1.54) is 0 Å². The largest absolute Gasteiger partial charge is 0.368 e. The molecule has 2 heterocycles. The van der Waals surface area contributed by atoms with Gasteiger partial charge in [-0.2, -0.15) is 10.5 Å². The van der Waals surface area contributed by atoms with Crippen molar-refractivity contribution in [3.63, 3.8) is 0 Å². The first-order chi connectivity index (χ1) is 21.4. The third-order valence-corrected chi connectivity index (χ3v) is 8.43. The van der Waals surface area contributed by atoms with Crippen LogP contribution < -0.4 is 9.80 Å². The lowest BCUT2D eigenvalue weighted by molar-refractivity contribution is 0.0745. The molecule has 45 heavy (non-hydrogen) atoms. The monoisotopic (exact) mass is 626 g/mol. The van der Waals surface area contributed by atoms with Crippen LogP contribution in [-0.4, -0.2) is 68.1 Å². The van der Waals surface area contributed by atoms with Crippen LogP contribution in [0.3, 0.4) is 0 Å². The molecule has 0 N–H and O–H groups in total. The Kier molecular flexibility index (Phi) is 8.94. The van der Waals surface area contributed by atoms with E-state index in [0.29, 0.717) is 38.3 Å². The summed E-state index contributed by atoms with van der Waals surface area (Å²) < 4.78 is 83.5. The average Bonchev–Trinajstić information content (AvgIpc) is 3.03. The molecule has 1 amide bonds. The van der Waals surface area contributed by atoms with Gasteiger partial charge >= 0.3 is 0 Å². The molecule has 5 rings (SSSR count). The summed E-state index contributed by atoms with van der Waals surface area (Å²) in [6, 6.07) is 8.61. The molecule has 0 radical (unpaired) electrons. The Morgan fingerprint density at radius 2 is 1.13 bits per heavy atom. The number of hydrogen-bond acceptors (Lipinski definition) is 6. The molecule has 13 heteroatoms. The standard InChI is InChI=1S/C32H28F6N6O/c1-18-11-19(2)21(32(45)44-9-7-43(8-10-44)27-14-25(34)31(38)29(36)23(27)16-40)12-20(18)17-41-3-5-42(6-4-41)26-13-24(33)30(37)28(35)22(26)15-39/h11-14H,3-10,17H2,1-2H3. The van der Waals surface area contributed by atoms with Crippen molar-refractivity contribution in [2.75, 3.05) is 62.2 Å². The molecule has 0 aliphatic carbocycles. The van der Waals surface area contributed by atoms with Gasteiger partial charge in [0.15, 0.2) is 34.9 Å². The second kappa shape index (κ2) is 12.7. The molecular formula is C32H28F6N6O. The first-order valence-electron chi connectivity index (χ1n) is 14.2. The Labute approximate surface area is 256 Å². The Morgan fingerprint density at radius 3 is 1.60 bits per heavy atom. The van der Waals surface area contributed by atoms with E-state index in [1.807, 2.05) is 26.0 Å². The average molecular weight is 627 g/mol. The molecule has 0 atom stereocenters. The van der Waals surface area contributed by atoms with Gasteiger partial charge in [0.25, 0.3) is 5.91 Å². The van der Waals surface area contributed by atoms with E-state index in [4.69, 9.17) is 0 Å². The minimum Gasteiger partial charge on any atom is -0.368 e. The topological polar surface area (TPSA) is 77.6 Å². The highest BCUT2D eigenvalue weighted by atomic mass is 19.2. The SMILES string of the molecule is Cc1cc(C)c(C(=O)N2CCN(c3cc(F)c(F)c(F)c3C#N)CC2)cc1CN1CCN(c2cc(F)c(F)c(F)c2C#N)CC1. The van der Waals surface area contributed by atoms with Crippen molar-refractivity contribution in [3.8, 4) is 12.1 Å². The molecule has 7 nitrogen and oxygen atoms in total. The van der Waals surface area contributed by atoms with Gasteiger partial charge in [-0.3, -0.25) is 9.69 Å². The molecule has 0 saturated carbocycles. The van der Waals surface area contributed by atoms with Crippen LogP contribution in [0.4, 0.5) is 37.7 Å². The summed E-state index contributed by atoms with van der Waals surface area (Å²) >= 11 is 0. The highest BCUT2D eigenvalue weighted by molar-refractivity contribution is 5.96. The minimum atomic E-state index is -1.71. The number of hydrogen-bond donors (Lipinski definition) is 0. The normalized spacial score (nSPS) is 15.6. The van der Waals surface area contributed by atoms with Crippen molar-refractivity contribution >= 4 is 17.3 Å². The summed E-state index contributed by atoms with van der Waals surface area (Å²) in [4.78, 5) is 20.5. The van der Waals surface area contributed by atoms with Gasteiger partial charge in [0.1, 0.15) is 23.3 Å². The van der Waals surface area contributed by atoms with Crippen LogP contribution in [0.15, 0.2) is 24.3 Å². The van der Waals surface area contributed by atoms with Gasteiger partial charge in [0, 0.05) is 76.6 Å². The predicted molar refractivity (Wildman–Crippen MR) is 154 cm³/mol. The predicted octanol–water partition coefficient (Wildman–Crippen LogP) is 5.17. The van der Waals surface area contributed by atoms with Crippen LogP contribution in [0.1, 0.15) is 38.2 Å². The van der Waals surface area contributed by atoms with Gasteiger partial charge in [-0.25, -0.2) is 26.3 Å². The van der Waals surface area contributed by atoms with Gasteiger partial charge in [-0.1, -0.05) is 6.07 Å². The van der Waals surface area contributed by atoms with E-state index in [0.717, 1.165) is 28.8 Å². The third kappa shape index (κ3) is 6.00. The maximum atomic E-state index is 14.2. The van der Waals surface area contributed by atoms with Crippen molar-refractivity contribution in [3.05, 3.63) is 92.5 Å². The van der Waals surface area contributed by atoms with Crippen LogP contribution in [0.5, 0.6) is 0 Å². The number of piperazine rings is 2. The number of anilines is 2. The second-order valence-corrected chi connectivity index (χ2v) is 11.1. The highest BCUT2D eigenvalue weighted by Crippen LogP contribution is 2.30. The summed E-state index contributed by atoms with van der Waals surface area (Å²) in [7, 11) is 0. The van der Waals surface area contributed by atoms with Gasteiger partial charge in [-0.05, 0) is 36.6 Å². The molecule has 234 valence electrons. The molecule has 3 aromatic rings. The number of carbonyl (C=O) groups is 1. The summed E-state index contributed by atoms with van der Waals surface area (Å²) in [5.41, 5.74) is 1.96. The molecule has 0 bridgehead atoms. The molecule has 2 fully saturated rings. The Balaban J connectivity index is 1.25. The number of halogens is 6. The van der Waals surface area contributed by atoms with Crippen molar-refractivity contribution < 1.29 is 31.1 Å². The number of nitriles is 2. The third-order valence-electron chi connectivity index (χ3n) is 8.43. The summed E-state index contributed by atoms with van der Waals surface area (Å²) in [6.07, 6.45) is 0. The van der Waals surface area contributed by atoms with Crippen LogP contribution in [0.25, 0.3) is 0 Å². The summed E-state index contributed by atoms with van der Waals surface area (Å²) in [5.74, 6) is -9.40. The van der Waals surface area contributed by atoms with Crippen molar-refractivity contribution in [2.45, 2.75) is 20.4 Å². The first-order valence-corrected chi connectivity index (χ1v) is 14.2. The molecule has 2 aliphatic rings. The second-order valence-electron chi connectivity index (χ2n) is 11.1. The fourth-order valence-electron chi connectivity index (χ4n) is 5.88. The Hall–Kier alpha value is -4.75. The Bertz CT molecular complexity index is 1750. The van der Waals surface area contributed by atoms with E-state index >= 15 is 0 Å². The van der Waals surface area contributed by atoms with Gasteiger partial charge in [-0.15, -0.1) is 0 Å². The van der Waals surface area contributed by atoms with E-state index in [-0.39, 0.29) is 43.5 Å². The van der Waals surface area contributed by atoms with Crippen molar-refractivity contribution in [1.29, 1.82) is 10.5 Å². The lowest BCUT2D eigenvalue weighted by Crippen LogP contribution is -2.49. The highest BCUT2D eigenvalue weighted by Gasteiger charge is 2.29. The Morgan fingerprint density at radius 1 is 0.667 bits per heavy atom. The van der Waals surface area contributed by atoms with Gasteiger partial charge in [0.2, 0.25) is 0 Å². The zero-order valence-electron chi connectivity index (χ0n) is 24.5. The number of rotatable bonds is 5. The van der Waals surface area contributed by atoms with Crippen LogP contribution in [0, 0.1) is 71.4 Å². The molecule has 0 unspecified atom stereocenters. The van der Waals surface area contributed by atoms with Gasteiger partial charge in [0.05, 0.1) is 11.4 Å². The van der Waals surface area contributed by atoms with Crippen LogP contribution in [0.2, 0.25) is 0 Å². The van der Waals surface area contributed by atoms with Gasteiger partial charge < -0.3 is 14.7 Å². The number of carbonyl (C=O) groups excluding carboxylic acids is 1. The number of benzene rings is 3. The quantitative estimate of drug-likeness (QED) is 0.288. The van der Waals surface area contributed by atoms with E-state index in [2.05, 4.69) is 4.90 Å². The molecule has 0 spiro atoms. The van der Waals surface area contributed by atoms with E-state index in [9.17, 15) is 41.7 Å². The maximum absolute atomic E-state index is 14.2. The molecule has 2 aliphatic heterocycles. The lowest BCUT2D eigenvalue weighted by Gasteiger charge is -2.37. The summed E-state index contributed by atoms with van der Waals surface area (Å²) in [5, 5.41) is 18.6. The fraction of sp³-hybridized carbons (Fsp3) is 0.344. The first kappa shape index (κ1) is 31.7. The summed E-state index contributed by atoms with van der Waals surface area (Å²) in [6.45, 7) is 6.70. The minimum absolute atomic E-state index is 0.00610.